The number of hydrogen-bond acceptors (Lipinski definition) is 8. The number of fused-ring (bicyclic) bond motifs is 5. The highest BCUT2D eigenvalue weighted by atomic mass is 32.2. The van der Waals surface area contributed by atoms with Gasteiger partial charge >= 0.3 is 5.69 Å². The number of hydrogen-bond donors (Lipinski definition) is 1. The maximum Gasteiger partial charge on any atom is 0.355 e. The molecule has 15 heteroatoms. The van der Waals surface area contributed by atoms with Gasteiger partial charge in [0, 0.05) is 37.9 Å². The van der Waals surface area contributed by atoms with Crippen molar-refractivity contribution >= 4 is 38.7 Å². The number of amides is 1. The van der Waals surface area contributed by atoms with Crippen molar-refractivity contribution in [2.45, 2.75) is 65.0 Å². The van der Waals surface area contributed by atoms with Crippen LogP contribution < -0.4 is 20.0 Å². The molecule has 0 aliphatic carbocycles. The number of aromatic nitrogens is 4. The van der Waals surface area contributed by atoms with E-state index in [2.05, 4.69) is 21.5 Å². The third-order valence-electron chi connectivity index (χ3n) is 9.19. The van der Waals surface area contributed by atoms with E-state index in [4.69, 9.17) is 5.14 Å². The number of rotatable bonds is 4. The summed E-state index contributed by atoms with van der Waals surface area (Å²) in [5.74, 6) is -2.13. The molecule has 3 aromatic heterocycles. The first-order chi connectivity index (χ1) is 23.2. The standard InChI is InChI=1S/C34H38F2N8O4S/c1-6-27(45)41-17-21(5)42(18-20(41)4)32-23-16-25(36)30-28-24(35)11-9-12-26(28)43(49(37,47)48)15-8-7-10-22-13-14-38-29(19(2)3)31(22)44(33(23)39-30)34(46)40-32/h6,9,11-14,16,19-21H,1,7-8,10,15,17-18H2,2-5H3,(H2,37,47,48)/t20-,21+/m1/s1. The lowest BCUT2D eigenvalue weighted by Crippen LogP contribution is -2.58. The van der Waals surface area contributed by atoms with Crippen molar-refractivity contribution in [3.63, 3.8) is 0 Å². The molecule has 49 heavy (non-hydrogen) atoms. The summed E-state index contributed by atoms with van der Waals surface area (Å²) in [6.07, 6.45) is 4.10. The summed E-state index contributed by atoms with van der Waals surface area (Å²) in [4.78, 5) is 44.3. The van der Waals surface area contributed by atoms with Crippen LogP contribution in [0.4, 0.5) is 20.3 Å². The lowest BCUT2D eigenvalue weighted by molar-refractivity contribution is -0.128. The lowest BCUT2D eigenvalue weighted by Gasteiger charge is -2.44. The van der Waals surface area contributed by atoms with Gasteiger partial charge in [-0.05, 0) is 74.9 Å². The third-order valence-corrected chi connectivity index (χ3v) is 10.2. The fourth-order valence-electron chi connectivity index (χ4n) is 6.85. The molecule has 12 nitrogen and oxygen atoms in total. The molecule has 1 amide bonds. The molecule has 0 spiro atoms. The van der Waals surface area contributed by atoms with Crippen LogP contribution in [0, 0.1) is 11.6 Å². The van der Waals surface area contributed by atoms with Gasteiger partial charge in [-0.15, -0.1) is 0 Å². The van der Waals surface area contributed by atoms with E-state index >= 15 is 8.78 Å². The van der Waals surface area contributed by atoms with E-state index in [0.717, 1.165) is 22.0 Å². The van der Waals surface area contributed by atoms with Gasteiger partial charge in [0.2, 0.25) is 5.91 Å². The molecule has 1 fully saturated rings. The first-order valence-corrected chi connectivity index (χ1v) is 17.6. The van der Waals surface area contributed by atoms with E-state index in [1.54, 1.807) is 17.2 Å². The van der Waals surface area contributed by atoms with Crippen LogP contribution in [0.15, 0.2) is 54.0 Å². The van der Waals surface area contributed by atoms with Crippen LogP contribution in [0.5, 0.6) is 0 Å². The molecular formula is C34H38F2N8O4S. The number of piperazine rings is 1. The van der Waals surface area contributed by atoms with E-state index in [1.165, 1.54) is 22.8 Å². The third kappa shape index (κ3) is 6.05. The van der Waals surface area contributed by atoms with Gasteiger partial charge in [0.1, 0.15) is 17.3 Å². The van der Waals surface area contributed by atoms with Gasteiger partial charge in [0.15, 0.2) is 11.5 Å². The molecule has 2 aliphatic heterocycles. The van der Waals surface area contributed by atoms with Crippen molar-refractivity contribution in [3.8, 4) is 16.9 Å². The largest absolute Gasteiger partial charge is 0.355 e. The Bertz CT molecular complexity index is 2160. The number of carbonyl (C=O) groups excluding carboxylic acids is 1. The first-order valence-electron chi connectivity index (χ1n) is 16.1. The highest BCUT2D eigenvalue weighted by molar-refractivity contribution is 7.90. The summed E-state index contributed by atoms with van der Waals surface area (Å²) < 4.78 is 60.4. The quantitative estimate of drug-likeness (QED) is 0.313. The van der Waals surface area contributed by atoms with E-state index in [0.29, 0.717) is 37.2 Å². The number of aryl methyl sites for hydroxylation is 1. The van der Waals surface area contributed by atoms with Gasteiger partial charge in [0.05, 0.1) is 28.0 Å². The molecule has 0 radical (unpaired) electrons. The van der Waals surface area contributed by atoms with Gasteiger partial charge in [0.25, 0.3) is 10.2 Å². The van der Waals surface area contributed by atoms with Crippen molar-refractivity contribution in [2.24, 2.45) is 5.14 Å². The summed E-state index contributed by atoms with van der Waals surface area (Å²) in [5.41, 5.74) is -0.0635. The Kier molecular flexibility index (Phi) is 9.00. The van der Waals surface area contributed by atoms with E-state index < -0.39 is 38.8 Å². The number of anilines is 2. The summed E-state index contributed by atoms with van der Waals surface area (Å²) >= 11 is 0. The smallest absolute Gasteiger partial charge is 0.349 e. The van der Waals surface area contributed by atoms with Crippen molar-refractivity contribution in [3.05, 3.63) is 82.6 Å². The number of benzene rings is 1. The van der Waals surface area contributed by atoms with E-state index in [9.17, 15) is 18.0 Å². The Morgan fingerprint density at radius 3 is 2.53 bits per heavy atom. The normalized spacial score (nSPS) is 18.5. The molecule has 1 saturated heterocycles. The zero-order valence-corrected chi connectivity index (χ0v) is 28.5. The zero-order valence-electron chi connectivity index (χ0n) is 27.7. The molecule has 0 unspecified atom stereocenters. The minimum atomic E-state index is -4.42. The van der Waals surface area contributed by atoms with Crippen LogP contribution in [0.2, 0.25) is 0 Å². The number of nitrogens with zero attached hydrogens (tertiary/aromatic N) is 7. The maximum absolute atomic E-state index is 16.5. The Balaban J connectivity index is 1.72. The van der Waals surface area contributed by atoms with Gasteiger partial charge in [-0.3, -0.25) is 14.1 Å². The Morgan fingerprint density at radius 1 is 1.08 bits per heavy atom. The maximum atomic E-state index is 16.5. The molecule has 5 heterocycles. The average molecular weight is 693 g/mol. The molecule has 2 N–H and O–H groups in total. The van der Waals surface area contributed by atoms with Crippen LogP contribution in [0.3, 0.4) is 0 Å². The molecule has 4 aromatic rings. The molecule has 0 saturated carbocycles. The van der Waals surface area contributed by atoms with Gasteiger partial charge in [-0.1, -0.05) is 26.5 Å². The summed E-state index contributed by atoms with van der Waals surface area (Å²) in [7, 11) is -4.42. The summed E-state index contributed by atoms with van der Waals surface area (Å²) in [5, 5.41) is 5.81. The Hall–Kier alpha value is -4.76. The monoisotopic (exact) mass is 692 g/mol. The molecular weight excluding hydrogens is 654 g/mol. The molecule has 1 aromatic carbocycles. The summed E-state index contributed by atoms with van der Waals surface area (Å²) in [6.45, 7) is 11.6. The summed E-state index contributed by atoms with van der Waals surface area (Å²) in [6, 6.07) is 6.03. The fraction of sp³-hybridized carbons (Fsp3) is 0.382. The minimum Gasteiger partial charge on any atom is -0.349 e. The highest BCUT2D eigenvalue weighted by Crippen LogP contribution is 2.39. The zero-order chi connectivity index (χ0) is 35.4. The van der Waals surface area contributed by atoms with Crippen LogP contribution in [0.1, 0.15) is 57.7 Å². The lowest BCUT2D eigenvalue weighted by atomic mass is 10.00. The molecule has 2 aliphatic rings. The highest BCUT2D eigenvalue weighted by Gasteiger charge is 2.35. The van der Waals surface area contributed by atoms with E-state index in [-0.39, 0.29) is 59.5 Å². The number of carbonyl (C=O) groups is 1. The topological polar surface area (TPSA) is 148 Å². The van der Waals surface area contributed by atoms with E-state index in [1.807, 2.05) is 32.6 Å². The predicted molar refractivity (Wildman–Crippen MR) is 184 cm³/mol. The van der Waals surface area contributed by atoms with Gasteiger partial charge in [-0.2, -0.15) is 13.4 Å². The average Bonchev–Trinajstić information content (AvgIpc) is 3.05. The Morgan fingerprint density at radius 2 is 1.84 bits per heavy atom. The van der Waals surface area contributed by atoms with Crippen LogP contribution in [-0.2, 0) is 21.4 Å². The molecule has 6 rings (SSSR count). The second-order valence-electron chi connectivity index (χ2n) is 12.9. The second-order valence-corrected chi connectivity index (χ2v) is 14.3. The van der Waals surface area contributed by atoms with Crippen LogP contribution >= 0.6 is 0 Å². The van der Waals surface area contributed by atoms with Crippen LogP contribution in [-0.4, -0.2) is 70.5 Å². The molecule has 2 atom stereocenters. The first kappa shape index (κ1) is 34.1. The number of nitrogens with two attached hydrogens (primary N) is 1. The molecule has 2 bridgehead atoms. The SMILES string of the molecule is C=CC(=O)N1C[C@H](C)N(c2nc(=O)n3c4nc(c(F)cc24)-c2c(F)cccc2N(S(N)(=O)=O)CCCCc2ccnc(C(C)C)c2-3)C[C@H]1C. The second kappa shape index (κ2) is 12.9. The minimum absolute atomic E-state index is 0.0115. The number of pyridine rings is 2. The molecule has 258 valence electrons. The van der Waals surface area contributed by atoms with Crippen LogP contribution in [0.25, 0.3) is 28.0 Å². The van der Waals surface area contributed by atoms with Crippen molar-refractivity contribution in [2.75, 3.05) is 28.8 Å². The van der Waals surface area contributed by atoms with Gasteiger partial charge < -0.3 is 9.80 Å². The predicted octanol–water partition coefficient (Wildman–Crippen LogP) is 4.20. The fourth-order valence-corrected chi connectivity index (χ4v) is 7.66. The number of halogens is 2. The van der Waals surface area contributed by atoms with Crippen molar-refractivity contribution < 1.29 is 22.0 Å². The van der Waals surface area contributed by atoms with Crippen molar-refractivity contribution in [1.29, 1.82) is 0 Å². The van der Waals surface area contributed by atoms with Gasteiger partial charge in [-0.25, -0.2) is 28.3 Å². The van der Waals surface area contributed by atoms with Crippen molar-refractivity contribution in [1.82, 2.24) is 24.4 Å². The Labute approximate surface area is 283 Å².